The Hall–Kier alpha value is -1.35. The second kappa shape index (κ2) is 4.03. The summed E-state index contributed by atoms with van der Waals surface area (Å²) in [5.41, 5.74) is 3.38. The van der Waals surface area contributed by atoms with Crippen LogP contribution in [0.15, 0.2) is 24.7 Å². The summed E-state index contributed by atoms with van der Waals surface area (Å²) >= 11 is 5.72. The summed E-state index contributed by atoms with van der Waals surface area (Å²) in [6.45, 7) is 4.86. The van der Waals surface area contributed by atoms with Crippen LogP contribution in [0, 0.1) is 13.8 Å². The van der Waals surface area contributed by atoms with Gasteiger partial charge < -0.3 is 4.57 Å². The SMILES string of the molecule is Cc1ncn(Cc2ccc(Cl)nc2)c1C. The summed E-state index contributed by atoms with van der Waals surface area (Å²) in [6.07, 6.45) is 3.64. The number of halogens is 1. The summed E-state index contributed by atoms with van der Waals surface area (Å²) in [6, 6.07) is 3.78. The zero-order valence-electron chi connectivity index (χ0n) is 8.74. The van der Waals surface area contributed by atoms with Gasteiger partial charge in [0.1, 0.15) is 5.15 Å². The highest BCUT2D eigenvalue weighted by molar-refractivity contribution is 6.29. The number of hydrogen-bond acceptors (Lipinski definition) is 2. The molecule has 0 radical (unpaired) electrons. The fraction of sp³-hybridized carbons (Fsp3) is 0.273. The van der Waals surface area contributed by atoms with E-state index in [1.54, 1.807) is 12.3 Å². The molecule has 0 amide bonds. The number of aryl methyl sites for hydroxylation is 1. The lowest BCUT2D eigenvalue weighted by Gasteiger charge is -2.05. The van der Waals surface area contributed by atoms with Crippen molar-refractivity contribution in [2.24, 2.45) is 0 Å². The molecule has 78 valence electrons. The van der Waals surface area contributed by atoms with Crippen molar-refractivity contribution in [3.63, 3.8) is 0 Å². The van der Waals surface area contributed by atoms with Crippen molar-refractivity contribution in [1.29, 1.82) is 0 Å². The number of pyridine rings is 1. The predicted molar refractivity (Wildman–Crippen MR) is 60.1 cm³/mol. The van der Waals surface area contributed by atoms with E-state index in [9.17, 15) is 0 Å². The minimum atomic E-state index is 0.525. The maximum absolute atomic E-state index is 5.72. The van der Waals surface area contributed by atoms with Gasteiger partial charge in [-0.1, -0.05) is 17.7 Å². The van der Waals surface area contributed by atoms with E-state index in [4.69, 9.17) is 11.6 Å². The van der Waals surface area contributed by atoms with Crippen LogP contribution in [0.5, 0.6) is 0 Å². The molecule has 2 heterocycles. The summed E-state index contributed by atoms with van der Waals surface area (Å²) in [4.78, 5) is 8.29. The van der Waals surface area contributed by atoms with Gasteiger partial charge in [-0.2, -0.15) is 0 Å². The lowest BCUT2D eigenvalue weighted by Crippen LogP contribution is -2.00. The lowest BCUT2D eigenvalue weighted by atomic mass is 10.3. The smallest absolute Gasteiger partial charge is 0.129 e. The second-order valence-electron chi connectivity index (χ2n) is 3.53. The average Bonchev–Trinajstić information content (AvgIpc) is 2.53. The van der Waals surface area contributed by atoms with Crippen LogP contribution in [0.2, 0.25) is 5.15 Å². The van der Waals surface area contributed by atoms with Gasteiger partial charge in [0.25, 0.3) is 0 Å². The highest BCUT2D eigenvalue weighted by Gasteiger charge is 2.02. The Balaban J connectivity index is 2.22. The topological polar surface area (TPSA) is 30.7 Å². The molecule has 0 bridgehead atoms. The van der Waals surface area contributed by atoms with Crippen LogP contribution in [-0.4, -0.2) is 14.5 Å². The first-order chi connectivity index (χ1) is 7.16. The van der Waals surface area contributed by atoms with Crippen molar-refractivity contribution < 1.29 is 0 Å². The number of hydrogen-bond donors (Lipinski definition) is 0. The summed E-state index contributed by atoms with van der Waals surface area (Å²) in [7, 11) is 0. The molecule has 0 aromatic carbocycles. The van der Waals surface area contributed by atoms with Crippen molar-refractivity contribution in [3.05, 3.63) is 46.8 Å². The first-order valence-electron chi connectivity index (χ1n) is 4.75. The average molecular weight is 222 g/mol. The van der Waals surface area contributed by atoms with Crippen LogP contribution >= 0.6 is 11.6 Å². The molecule has 0 fully saturated rings. The molecule has 2 aromatic rings. The summed E-state index contributed by atoms with van der Waals surface area (Å²) in [5.74, 6) is 0. The fourth-order valence-electron chi connectivity index (χ4n) is 1.40. The Labute approximate surface area is 93.7 Å². The normalized spacial score (nSPS) is 10.6. The van der Waals surface area contributed by atoms with Gasteiger partial charge in [-0.25, -0.2) is 9.97 Å². The molecule has 0 N–H and O–H groups in total. The molecule has 0 aliphatic rings. The van der Waals surface area contributed by atoms with Crippen LogP contribution in [0.25, 0.3) is 0 Å². The van der Waals surface area contributed by atoms with Crippen molar-refractivity contribution >= 4 is 11.6 Å². The highest BCUT2D eigenvalue weighted by atomic mass is 35.5. The molecule has 2 aromatic heterocycles. The molecule has 4 heteroatoms. The monoisotopic (exact) mass is 221 g/mol. The molecule has 0 saturated heterocycles. The molecular formula is C11H12ClN3. The number of rotatable bonds is 2. The van der Waals surface area contributed by atoms with Crippen LogP contribution in [-0.2, 0) is 6.54 Å². The molecule has 0 aliphatic carbocycles. The Morgan fingerprint density at radius 3 is 2.60 bits per heavy atom. The molecule has 0 saturated carbocycles. The van der Waals surface area contributed by atoms with Crippen LogP contribution in [0.1, 0.15) is 17.0 Å². The number of nitrogens with zero attached hydrogens (tertiary/aromatic N) is 3. The van der Waals surface area contributed by atoms with Gasteiger partial charge in [-0.3, -0.25) is 0 Å². The quantitative estimate of drug-likeness (QED) is 0.730. The van der Waals surface area contributed by atoms with Gasteiger partial charge in [0.05, 0.1) is 18.6 Å². The first-order valence-corrected chi connectivity index (χ1v) is 5.13. The molecule has 15 heavy (non-hydrogen) atoms. The Morgan fingerprint density at radius 1 is 1.27 bits per heavy atom. The second-order valence-corrected chi connectivity index (χ2v) is 3.92. The van der Waals surface area contributed by atoms with E-state index in [1.165, 1.54) is 5.69 Å². The minimum absolute atomic E-state index is 0.525. The maximum Gasteiger partial charge on any atom is 0.129 e. The van der Waals surface area contributed by atoms with Crippen molar-refractivity contribution in [2.45, 2.75) is 20.4 Å². The van der Waals surface area contributed by atoms with E-state index < -0.39 is 0 Å². The van der Waals surface area contributed by atoms with Crippen molar-refractivity contribution in [1.82, 2.24) is 14.5 Å². The van der Waals surface area contributed by atoms with E-state index in [2.05, 4.69) is 21.5 Å². The standard InChI is InChI=1S/C11H12ClN3/c1-8-9(2)15(7-14-8)6-10-3-4-11(12)13-5-10/h3-5,7H,6H2,1-2H3. The molecule has 0 unspecified atom stereocenters. The van der Waals surface area contributed by atoms with Crippen molar-refractivity contribution in [3.8, 4) is 0 Å². The third-order valence-electron chi connectivity index (χ3n) is 2.49. The Bertz CT molecular complexity index is 459. The first kappa shape index (κ1) is 10.2. The fourth-order valence-corrected chi connectivity index (χ4v) is 1.51. The Kier molecular flexibility index (Phi) is 2.73. The van der Waals surface area contributed by atoms with E-state index in [1.807, 2.05) is 19.3 Å². The van der Waals surface area contributed by atoms with Gasteiger partial charge in [0, 0.05) is 11.9 Å². The van der Waals surface area contributed by atoms with Crippen molar-refractivity contribution in [2.75, 3.05) is 0 Å². The highest BCUT2D eigenvalue weighted by Crippen LogP contribution is 2.10. The van der Waals surface area contributed by atoms with Gasteiger partial charge >= 0.3 is 0 Å². The minimum Gasteiger partial charge on any atom is -0.330 e. The van der Waals surface area contributed by atoms with Gasteiger partial charge in [0.2, 0.25) is 0 Å². The largest absolute Gasteiger partial charge is 0.330 e. The van der Waals surface area contributed by atoms with E-state index in [0.29, 0.717) is 5.15 Å². The molecule has 2 rings (SSSR count). The molecule has 0 aliphatic heterocycles. The van der Waals surface area contributed by atoms with Gasteiger partial charge in [0.15, 0.2) is 0 Å². The third kappa shape index (κ3) is 2.18. The molecular weight excluding hydrogens is 210 g/mol. The molecule has 0 spiro atoms. The molecule has 0 atom stereocenters. The Morgan fingerprint density at radius 2 is 2.07 bits per heavy atom. The number of aromatic nitrogens is 3. The van der Waals surface area contributed by atoms with E-state index >= 15 is 0 Å². The van der Waals surface area contributed by atoms with Gasteiger partial charge in [-0.15, -0.1) is 0 Å². The predicted octanol–water partition coefficient (Wildman–Crippen LogP) is 2.60. The van der Waals surface area contributed by atoms with Gasteiger partial charge in [-0.05, 0) is 25.5 Å². The zero-order valence-corrected chi connectivity index (χ0v) is 9.49. The summed E-state index contributed by atoms with van der Waals surface area (Å²) < 4.78 is 2.10. The maximum atomic E-state index is 5.72. The van der Waals surface area contributed by atoms with Crippen LogP contribution in [0.4, 0.5) is 0 Å². The van der Waals surface area contributed by atoms with E-state index in [-0.39, 0.29) is 0 Å². The number of imidazole rings is 1. The third-order valence-corrected chi connectivity index (χ3v) is 2.71. The summed E-state index contributed by atoms with van der Waals surface area (Å²) in [5, 5.41) is 0.525. The zero-order chi connectivity index (χ0) is 10.8. The van der Waals surface area contributed by atoms with Crippen LogP contribution in [0.3, 0.4) is 0 Å². The van der Waals surface area contributed by atoms with E-state index in [0.717, 1.165) is 17.8 Å². The lowest BCUT2D eigenvalue weighted by molar-refractivity contribution is 0.765. The molecule has 3 nitrogen and oxygen atoms in total. The van der Waals surface area contributed by atoms with Crippen LogP contribution < -0.4 is 0 Å².